The summed E-state index contributed by atoms with van der Waals surface area (Å²) in [4.78, 5) is 16.5. The van der Waals surface area contributed by atoms with Crippen LogP contribution in [0.2, 0.25) is 0 Å². The van der Waals surface area contributed by atoms with Gasteiger partial charge >= 0.3 is 0 Å². The number of nitrogens with one attached hydrogen (secondary N) is 1. The van der Waals surface area contributed by atoms with Crippen LogP contribution in [0.3, 0.4) is 0 Å². The Morgan fingerprint density at radius 1 is 1.50 bits per heavy atom. The number of rotatable bonds is 5. The Balaban J connectivity index is 2.02. The van der Waals surface area contributed by atoms with Gasteiger partial charge in [-0.15, -0.1) is 0 Å². The number of nitrogen functional groups attached to an aromatic ring is 1. The van der Waals surface area contributed by atoms with Gasteiger partial charge in [0.25, 0.3) is 5.91 Å². The molecule has 0 bridgehead atoms. The third-order valence-corrected chi connectivity index (χ3v) is 3.72. The van der Waals surface area contributed by atoms with Crippen molar-refractivity contribution in [3.63, 3.8) is 0 Å². The standard InChI is InChI=1S/C15H23N3O2/c1-3-4-11-7-10(8-14(16)17-11)15(19)18-12-5-6-13(9-12)20-2/h7-8,12-13H,3-6,9H2,1-2H3,(H2,16,17)(H,18,19). The smallest absolute Gasteiger partial charge is 0.251 e. The highest BCUT2D eigenvalue weighted by atomic mass is 16.5. The second-order valence-electron chi connectivity index (χ2n) is 5.36. The summed E-state index contributed by atoms with van der Waals surface area (Å²) in [6.45, 7) is 2.08. The molecule has 1 aliphatic rings. The second kappa shape index (κ2) is 6.70. The van der Waals surface area contributed by atoms with Crippen LogP contribution in [0.4, 0.5) is 5.82 Å². The van der Waals surface area contributed by atoms with Gasteiger partial charge in [0.1, 0.15) is 5.82 Å². The summed E-state index contributed by atoms with van der Waals surface area (Å²) < 4.78 is 5.32. The molecule has 1 heterocycles. The van der Waals surface area contributed by atoms with Crippen LogP contribution in [-0.4, -0.2) is 30.1 Å². The minimum atomic E-state index is -0.0711. The molecule has 0 saturated heterocycles. The Bertz CT molecular complexity index is 476. The van der Waals surface area contributed by atoms with Gasteiger partial charge in [-0.25, -0.2) is 4.98 Å². The van der Waals surface area contributed by atoms with E-state index in [0.29, 0.717) is 11.4 Å². The van der Waals surface area contributed by atoms with Crippen LogP contribution in [-0.2, 0) is 11.2 Å². The monoisotopic (exact) mass is 277 g/mol. The molecule has 1 fully saturated rings. The van der Waals surface area contributed by atoms with Crippen LogP contribution < -0.4 is 11.1 Å². The van der Waals surface area contributed by atoms with E-state index >= 15 is 0 Å². The molecule has 1 aliphatic carbocycles. The number of ether oxygens (including phenoxy) is 1. The maximum atomic E-state index is 12.3. The number of pyridine rings is 1. The molecule has 1 saturated carbocycles. The molecule has 3 N–H and O–H groups in total. The van der Waals surface area contributed by atoms with Crippen molar-refractivity contribution in [2.45, 2.75) is 51.2 Å². The van der Waals surface area contributed by atoms with E-state index in [1.807, 2.05) is 6.07 Å². The van der Waals surface area contributed by atoms with Gasteiger partial charge in [-0.05, 0) is 37.8 Å². The Kier molecular flexibility index (Phi) is 4.95. The lowest BCUT2D eigenvalue weighted by atomic mass is 10.1. The number of carbonyl (C=O) groups is 1. The third-order valence-electron chi connectivity index (χ3n) is 3.72. The molecule has 5 heteroatoms. The molecule has 2 atom stereocenters. The number of hydrogen-bond donors (Lipinski definition) is 2. The maximum Gasteiger partial charge on any atom is 0.251 e. The van der Waals surface area contributed by atoms with Gasteiger partial charge in [-0.1, -0.05) is 13.3 Å². The third kappa shape index (κ3) is 3.70. The highest BCUT2D eigenvalue weighted by molar-refractivity contribution is 5.95. The van der Waals surface area contributed by atoms with Crippen molar-refractivity contribution in [1.29, 1.82) is 0 Å². The molecular weight excluding hydrogens is 254 g/mol. The number of aryl methyl sites for hydroxylation is 1. The van der Waals surface area contributed by atoms with Crippen molar-refractivity contribution < 1.29 is 9.53 Å². The molecule has 20 heavy (non-hydrogen) atoms. The number of methoxy groups -OCH3 is 1. The molecule has 0 spiro atoms. The van der Waals surface area contributed by atoms with E-state index in [1.54, 1.807) is 13.2 Å². The van der Waals surface area contributed by atoms with Gasteiger partial charge < -0.3 is 15.8 Å². The minimum Gasteiger partial charge on any atom is -0.384 e. The van der Waals surface area contributed by atoms with Crippen molar-refractivity contribution in [3.05, 3.63) is 23.4 Å². The molecule has 0 aliphatic heterocycles. The quantitative estimate of drug-likeness (QED) is 0.862. The summed E-state index contributed by atoms with van der Waals surface area (Å²) >= 11 is 0. The molecule has 1 aromatic heterocycles. The summed E-state index contributed by atoms with van der Waals surface area (Å²) in [5.41, 5.74) is 7.24. The highest BCUT2D eigenvalue weighted by Gasteiger charge is 2.26. The number of nitrogens with zero attached hydrogens (tertiary/aromatic N) is 1. The molecule has 2 unspecified atom stereocenters. The van der Waals surface area contributed by atoms with Crippen LogP contribution >= 0.6 is 0 Å². The minimum absolute atomic E-state index is 0.0711. The fourth-order valence-electron chi connectivity index (χ4n) is 2.68. The largest absolute Gasteiger partial charge is 0.384 e. The summed E-state index contributed by atoms with van der Waals surface area (Å²) in [6.07, 6.45) is 4.92. The van der Waals surface area contributed by atoms with Crippen molar-refractivity contribution in [2.75, 3.05) is 12.8 Å². The number of hydrogen-bond acceptors (Lipinski definition) is 4. The molecule has 1 aromatic rings. The van der Waals surface area contributed by atoms with Crippen LogP contribution in [0, 0.1) is 0 Å². The number of aromatic nitrogens is 1. The summed E-state index contributed by atoms with van der Waals surface area (Å²) in [6, 6.07) is 3.66. The van der Waals surface area contributed by atoms with E-state index in [9.17, 15) is 4.79 Å². The molecule has 0 aromatic carbocycles. The molecule has 5 nitrogen and oxygen atoms in total. The SMILES string of the molecule is CCCc1cc(C(=O)NC2CCC(OC)C2)cc(N)n1. The van der Waals surface area contributed by atoms with Crippen molar-refractivity contribution in [3.8, 4) is 0 Å². The second-order valence-corrected chi connectivity index (χ2v) is 5.36. The van der Waals surface area contributed by atoms with E-state index in [4.69, 9.17) is 10.5 Å². The van der Waals surface area contributed by atoms with Crippen LogP contribution in [0.5, 0.6) is 0 Å². The first-order valence-electron chi connectivity index (χ1n) is 7.22. The first kappa shape index (κ1) is 14.8. The van der Waals surface area contributed by atoms with Gasteiger partial charge in [-0.2, -0.15) is 0 Å². The van der Waals surface area contributed by atoms with Crippen LogP contribution in [0.1, 0.15) is 48.7 Å². The van der Waals surface area contributed by atoms with Crippen molar-refractivity contribution in [2.24, 2.45) is 0 Å². The van der Waals surface area contributed by atoms with Crippen molar-refractivity contribution in [1.82, 2.24) is 10.3 Å². The normalized spacial score (nSPS) is 21.9. The lowest BCUT2D eigenvalue weighted by Crippen LogP contribution is -2.33. The van der Waals surface area contributed by atoms with Gasteiger partial charge in [0, 0.05) is 24.4 Å². The highest BCUT2D eigenvalue weighted by Crippen LogP contribution is 2.22. The van der Waals surface area contributed by atoms with Gasteiger partial charge in [-0.3, -0.25) is 4.79 Å². The predicted octanol–water partition coefficient (Wildman–Crippen LogP) is 1.91. The zero-order valence-corrected chi connectivity index (χ0v) is 12.2. The number of anilines is 1. The molecular formula is C15H23N3O2. The van der Waals surface area contributed by atoms with Crippen LogP contribution in [0.15, 0.2) is 12.1 Å². The fourth-order valence-corrected chi connectivity index (χ4v) is 2.68. The predicted molar refractivity (Wildman–Crippen MR) is 78.5 cm³/mol. The lowest BCUT2D eigenvalue weighted by Gasteiger charge is -2.13. The zero-order chi connectivity index (χ0) is 14.5. The molecule has 110 valence electrons. The van der Waals surface area contributed by atoms with Crippen LogP contribution in [0.25, 0.3) is 0 Å². The fraction of sp³-hybridized carbons (Fsp3) is 0.600. The van der Waals surface area contributed by atoms with E-state index in [2.05, 4.69) is 17.2 Å². The van der Waals surface area contributed by atoms with Gasteiger partial charge in [0.2, 0.25) is 0 Å². The summed E-state index contributed by atoms with van der Waals surface area (Å²) in [5, 5.41) is 3.05. The molecule has 1 amide bonds. The lowest BCUT2D eigenvalue weighted by molar-refractivity contribution is 0.0915. The van der Waals surface area contributed by atoms with E-state index in [-0.39, 0.29) is 18.1 Å². The molecule has 0 radical (unpaired) electrons. The first-order valence-corrected chi connectivity index (χ1v) is 7.22. The number of carbonyl (C=O) groups excluding carboxylic acids is 1. The van der Waals surface area contributed by atoms with Gasteiger partial charge in [0.15, 0.2) is 0 Å². The topological polar surface area (TPSA) is 77.2 Å². The van der Waals surface area contributed by atoms with E-state index in [1.165, 1.54) is 0 Å². The Labute approximate surface area is 119 Å². The number of nitrogens with two attached hydrogens (primary N) is 1. The Morgan fingerprint density at radius 2 is 2.30 bits per heavy atom. The van der Waals surface area contributed by atoms with Crippen molar-refractivity contribution >= 4 is 11.7 Å². The van der Waals surface area contributed by atoms with Gasteiger partial charge in [0.05, 0.1) is 6.10 Å². The Morgan fingerprint density at radius 3 is 2.95 bits per heavy atom. The van der Waals surface area contributed by atoms with E-state index < -0.39 is 0 Å². The summed E-state index contributed by atoms with van der Waals surface area (Å²) in [7, 11) is 1.72. The average Bonchev–Trinajstić information content (AvgIpc) is 2.86. The van der Waals surface area contributed by atoms with E-state index in [0.717, 1.165) is 37.8 Å². The Hall–Kier alpha value is -1.62. The average molecular weight is 277 g/mol. The summed E-state index contributed by atoms with van der Waals surface area (Å²) in [5.74, 6) is 0.334. The first-order chi connectivity index (χ1) is 9.62. The zero-order valence-electron chi connectivity index (χ0n) is 12.2. The maximum absolute atomic E-state index is 12.3. The molecule has 2 rings (SSSR count). The number of amides is 1.